The summed E-state index contributed by atoms with van der Waals surface area (Å²) < 4.78 is 0. The number of anilines is 2. The van der Waals surface area contributed by atoms with Gasteiger partial charge in [-0.3, -0.25) is 0 Å². The van der Waals surface area contributed by atoms with E-state index in [1.54, 1.807) is 0 Å². The van der Waals surface area contributed by atoms with Crippen LogP contribution in [-0.4, -0.2) is 47.1 Å². The smallest absolute Gasteiger partial charge is 0.321 e. The minimum absolute atomic E-state index is 0.0361. The number of nitrogens with zero attached hydrogens (tertiary/aromatic N) is 4. The number of piperazine rings is 1. The Morgan fingerprint density at radius 2 is 1.79 bits per heavy atom. The van der Waals surface area contributed by atoms with Crippen LogP contribution in [0, 0.1) is 0 Å². The van der Waals surface area contributed by atoms with Crippen LogP contribution in [0.25, 0.3) is 21.0 Å². The summed E-state index contributed by atoms with van der Waals surface area (Å²) in [7, 11) is 0. The first-order valence-corrected chi connectivity index (χ1v) is 13.1. The normalized spacial score (nSPS) is 16.1. The number of nitrogens with one attached hydrogen (secondary N) is 1. The number of thiophene rings is 1. The largest absolute Gasteiger partial charge is 0.352 e. The molecular weight excluding hydrogens is 442 g/mol. The third-order valence-corrected chi connectivity index (χ3v) is 8.24. The molecule has 0 unspecified atom stereocenters. The number of rotatable bonds is 3. The van der Waals surface area contributed by atoms with Crippen molar-refractivity contribution in [3.63, 3.8) is 0 Å². The van der Waals surface area contributed by atoms with Gasteiger partial charge in [0.1, 0.15) is 16.5 Å². The molecule has 4 aromatic rings. The van der Waals surface area contributed by atoms with E-state index in [2.05, 4.69) is 35.3 Å². The maximum Gasteiger partial charge on any atom is 0.321 e. The van der Waals surface area contributed by atoms with Gasteiger partial charge in [0.05, 0.1) is 11.1 Å². The summed E-state index contributed by atoms with van der Waals surface area (Å²) in [6, 6.07) is 14.1. The lowest BCUT2D eigenvalue weighted by Gasteiger charge is -2.36. The van der Waals surface area contributed by atoms with Crippen LogP contribution in [0.5, 0.6) is 0 Å². The number of amides is 2. The molecule has 3 heterocycles. The van der Waals surface area contributed by atoms with Crippen molar-refractivity contribution in [1.29, 1.82) is 0 Å². The number of hydrogen-bond donors (Lipinski definition) is 1. The highest BCUT2D eigenvalue weighted by Crippen LogP contribution is 2.40. The lowest BCUT2D eigenvalue weighted by atomic mass is 9.97. The van der Waals surface area contributed by atoms with Crippen molar-refractivity contribution in [3.05, 3.63) is 58.7 Å². The molecule has 1 aliphatic heterocycles. The van der Waals surface area contributed by atoms with Crippen LogP contribution in [0.15, 0.2) is 42.5 Å². The van der Waals surface area contributed by atoms with Crippen LogP contribution < -0.4 is 10.2 Å². The van der Waals surface area contributed by atoms with Crippen LogP contribution in [0.3, 0.4) is 0 Å². The number of carbonyl (C=O) groups excluding carboxylic acids is 1. The van der Waals surface area contributed by atoms with E-state index in [9.17, 15) is 4.79 Å². The molecule has 1 N–H and O–H groups in total. The Morgan fingerprint density at radius 3 is 2.65 bits per heavy atom. The molecule has 1 aliphatic carbocycles. The van der Waals surface area contributed by atoms with Crippen molar-refractivity contribution in [2.45, 2.75) is 39.0 Å². The fraction of sp³-hybridized carbons (Fsp3) is 0.370. The Hall–Kier alpha value is -3.19. The summed E-state index contributed by atoms with van der Waals surface area (Å²) in [6.45, 7) is 5.03. The second-order valence-electron chi connectivity index (χ2n) is 9.14. The number of aromatic nitrogens is 2. The zero-order valence-corrected chi connectivity index (χ0v) is 20.3. The van der Waals surface area contributed by atoms with Gasteiger partial charge in [-0.1, -0.05) is 43.3 Å². The zero-order valence-electron chi connectivity index (χ0n) is 19.5. The molecule has 2 aromatic heterocycles. The van der Waals surface area contributed by atoms with Crippen molar-refractivity contribution < 1.29 is 4.79 Å². The van der Waals surface area contributed by atoms with Crippen LogP contribution >= 0.6 is 11.3 Å². The molecular formula is C27H29N5OS. The lowest BCUT2D eigenvalue weighted by molar-refractivity contribution is 0.208. The van der Waals surface area contributed by atoms with Crippen molar-refractivity contribution in [2.75, 3.05) is 36.4 Å². The van der Waals surface area contributed by atoms with Crippen molar-refractivity contribution in [3.8, 4) is 0 Å². The number of aryl methyl sites for hydroxylation is 3. The van der Waals surface area contributed by atoms with E-state index in [0.717, 1.165) is 58.9 Å². The lowest BCUT2D eigenvalue weighted by Crippen LogP contribution is -2.50. The van der Waals surface area contributed by atoms with Gasteiger partial charge in [0.25, 0.3) is 0 Å². The Labute approximate surface area is 203 Å². The van der Waals surface area contributed by atoms with Crippen molar-refractivity contribution >= 4 is 49.9 Å². The van der Waals surface area contributed by atoms with Gasteiger partial charge in [-0.25, -0.2) is 14.8 Å². The second kappa shape index (κ2) is 8.87. The Balaban J connectivity index is 1.22. The summed E-state index contributed by atoms with van der Waals surface area (Å²) in [5, 5.41) is 6.60. The van der Waals surface area contributed by atoms with E-state index in [4.69, 9.17) is 9.97 Å². The van der Waals surface area contributed by atoms with Gasteiger partial charge < -0.3 is 15.1 Å². The highest BCUT2D eigenvalue weighted by molar-refractivity contribution is 7.19. The quantitative estimate of drug-likeness (QED) is 0.420. The molecule has 2 amide bonds. The molecule has 0 radical (unpaired) electrons. The highest BCUT2D eigenvalue weighted by Gasteiger charge is 2.27. The monoisotopic (exact) mass is 471 g/mol. The Morgan fingerprint density at radius 1 is 1.00 bits per heavy atom. The summed E-state index contributed by atoms with van der Waals surface area (Å²) in [5.74, 6) is 1.99. The average molecular weight is 472 g/mol. The third kappa shape index (κ3) is 3.78. The van der Waals surface area contributed by atoms with Crippen LogP contribution in [-0.2, 0) is 19.3 Å². The average Bonchev–Trinajstić information content (AvgIpc) is 3.27. The molecule has 6 rings (SSSR count). The Bertz CT molecular complexity index is 1370. The van der Waals surface area contributed by atoms with E-state index < -0.39 is 0 Å². The summed E-state index contributed by atoms with van der Waals surface area (Å²) in [6.07, 6.45) is 5.65. The predicted octanol–water partition coefficient (Wildman–Crippen LogP) is 5.64. The van der Waals surface area contributed by atoms with Gasteiger partial charge in [0.15, 0.2) is 0 Å². The fourth-order valence-electron chi connectivity index (χ4n) is 5.22. The van der Waals surface area contributed by atoms with Gasteiger partial charge in [0.2, 0.25) is 0 Å². The molecule has 34 heavy (non-hydrogen) atoms. The molecule has 2 aromatic carbocycles. The maximum absolute atomic E-state index is 13.1. The number of hydrogen-bond acceptors (Lipinski definition) is 5. The van der Waals surface area contributed by atoms with E-state index in [-0.39, 0.29) is 6.03 Å². The number of urea groups is 1. The molecule has 1 saturated heterocycles. The highest BCUT2D eigenvalue weighted by atomic mass is 32.1. The molecule has 0 spiro atoms. The van der Waals surface area contributed by atoms with Gasteiger partial charge >= 0.3 is 6.03 Å². The van der Waals surface area contributed by atoms with E-state index >= 15 is 0 Å². The Kier molecular flexibility index (Phi) is 5.57. The third-order valence-electron chi connectivity index (χ3n) is 7.06. The molecule has 1 fully saturated rings. The number of fused-ring (bicyclic) bond motifs is 4. The van der Waals surface area contributed by atoms with Gasteiger partial charge in [0, 0.05) is 42.9 Å². The van der Waals surface area contributed by atoms with E-state index in [1.165, 1.54) is 35.1 Å². The first kappa shape index (κ1) is 21.4. The summed E-state index contributed by atoms with van der Waals surface area (Å²) in [4.78, 5) is 29.9. The van der Waals surface area contributed by atoms with Gasteiger partial charge in [-0.15, -0.1) is 11.3 Å². The zero-order chi connectivity index (χ0) is 23.1. The summed E-state index contributed by atoms with van der Waals surface area (Å²) >= 11 is 1.86. The molecule has 0 bridgehead atoms. The van der Waals surface area contributed by atoms with E-state index in [0.29, 0.717) is 13.1 Å². The molecule has 0 atom stereocenters. The standard InChI is InChI=1S/C27H29N5OS/c1-2-23-29-25(24-20-11-5-6-13-22(20)34-26(24)30-23)31-14-16-32(17-15-31)27(33)28-21-12-7-9-18-8-3-4-10-19(18)21/h3-4,7-10,12H,2,5-6,11,13-17H2,1H3,(H,28,33). The first-order valence-electron chi connectivity index (χ1n) is 12.3. The van der Waals surface area contributed by atoms with Crippen LogP contribution in [0.2, 0.25) is 0 Å². The van der Waals surface area contributed by atoms with Gasteiger partial charge in [-0.2, -0.15) is 0 Å². The molecule has 2 aliphatic rings. The fourth-order valence-corrected chi connectivity index (χ4v) is 6.49. The first-order chi connectivity index (χ1) is 16.7. The molecule has 6 nitrogen and oxygen atoms in total. The molecule has 174 valence electrons. The SMILES string of the molecule is CCc1nc(N2CCN(C(=O)Nc3cccc4ccccc34)CC2)c2c3c(sc2n1)CCCC3. The van der Waals surface area contributed by atoms with Crippen molar-refractivity contribution in [1.82, 2.24) is 14.9 Å². The predicted molar refractivity (Wildman–Crippen MR) is 140 cm³/mol. The summed E-state index contributed by atoms with van der Waals surface area (Å²) in [5.41, 5.74) is 2.33. The van der Waals surface area contributed by atoms with Crippen LogP contribution in [0.1, 0.15) is 36.0 Å². The van der Waals surface area contributed by atoms with E-state index in [1.807, 2.05) is 40.5 Å². The second-order valence-corrected chi connectivity index (χ2v) is 10.2. The maximum atomic E-state index is 13.1. The molecule has 7 heteroatoms. The number of carbonyl (C=O) groups is 1. The minimum Gasteiger partial charge on any atom is -0.352 e. The van der Waals surface area contributed by atoms with Crippen LogP contribution in [0.4, 0.5) is 16.3 Å². The van der Waals surface area contributed by atoms with Gasteiger partial charge in [-0.05, 0) is 42.7 Å². The topological polar surface area (TPSA) is 61.4 Å². The number of benzene rings is 2. The molecule has 0 saturated carbocycles. The van der Waals surface area contributed by atoms with Crippen molar-refractivity contribution in [2.24, 2.45) is 0 Å². The minimum atomic E-state index is -0.0361.